The molecular weight excluding hydrogens is 414 g/mol. The molecular formula is C24H26ClN3O3. The zero-order valence-corrected chi connectivity index (χ0v) is 18.1. The van der Waals surface area contributed by atoms with Gasteiger partial charge in [-0.3, -0.25) is 4.98 Å². The predicted molar refractivity (Wildman–Crippen MR) is 118 cm³/mol. The molecule has 1 aromatic carbocycles. The maximum Gasteiger partial charge on any atom is 0.283 e. The van der Waals surface area contributed by atoms with Gasteiger partial charge in [-0.1, -0.05) is 17.7 Å². The normalized spacial score (nSPS) is 31.4. The van der Waals surface area contributed by atoms with Crippen molar-refractivity contribution in [1.29, 1.82) is 0 Å². The Hall–Kier alpha value is -2.31. The molecule has 6 nitrogen and oxygen atoms in total. The van der Waals surface area contributed by atoms with Crippen LogP contribution in [0.2, 0.25) is 5.02 Å². The summed E-state index contributed by atoms with van der Waals surface area (Å²) in [5.41, 5.74) is 8.51. The van der Waals surface area contributed by atoms with Gasteiger partial charge in [0, 0.05) is 36.0 Å². The molecule has 4 atom stereocenters. The number of pyridine rings is 1. The van der Waals surface area contributed by atoms with Crippen LogP contribution in [0.25, 0.3) is 11.1 Å². The Kier molecular flexibility index (Phi) is 4.62. The van der Waals surface area contributed by atoms with E-state index >= 15 is 0 Å². The number of amidine groups is 1. The van der Waals surface area contributed by atoms with Crippen LogP contribution in [0, 0.1) is 11.8 Å². The van der Waals surface area contributed by atoms with Crippen molar-refractivity contribution in [3.63, 3.8) is 0 Å². The van der Waals surface area contributed by atoms with E-state index < -0.39 is 5.54 Å². The van der Waals surface area contributed by atoms with Crippen molar-refractivity contribution >= 4 is 17.6 Å². The van der Waals surface area contributed by atoms with Gasteiger partial charge >= 0.3 is 0 Å². The van der Waals surface area contributed by atoms with Crippen LogP contribution >= 0.6 is 11.6 Å². The average Bonchev–Trinajstić information content (AvgIpc) is 3.53. The third kappa shape index (κ3) is 3.46. The summed E-state index contributed by atoms with van der Waals surface area (Å²) in [7, 11) is 0. The van der Waals surface area contributed by atoms with Crippen molar-refractivity contribution in [2.24, 2.45) is 22.6 Å². The quantitative estimate of drug-likeness (QED) is 0.768. The van der Waals surface area contributed by atoms with E-state index in [1.54, 1.807) is 6.20 Å². The van der Waals surface area contributed by atoms with Crippen molar-refractivity contribution in [2.45, 2.75) is 49.9 Å². The van der Waals surface area contributed by atoms with E-state index in [1.165, 1.54) is 12.8 Å². The van der Waals surface area contributed by atoms with E-state index in [9.17, 15) is 0 Å². The Morgan fingerprint density at radius 2 is 2.03 bits per heavy atom. The van der Waals surface area contributed by atoms with Gasteiger partial charge in [0.1, 0.15) is 24.0 Å². The molecule has 4 aliphatic rings. The van der Waals surface area contributed by atoms with E-state index in [2.05, 4.69) is 11.1 Å². The number of hydrogen-bond donors (Lipinski definition) is 1. The van der Waals surface area contributed by atoms with Crippen molar-refractivity contribution in [1.82, 2.24) is 4.98 Å². The third-order valence-electron chi connectivity index (χ3n) is 7.13. The lowest BCUT2D eigenvalue weighted by Crippen LogP contribution is -2.52. The topological polar surface area (TPSA) is 79.0 Å². The standard InChI is InChI=1S/C24H26ClN3O3/c25-17-7-16(10-27-11-17)15-3-5-21-19(8-15)24(13-30-23(26)28-24)20-9-18(4-6-22(20)31-21)29-12-14-1-2-14/h3,5,7-8,10-11,14,18,20,22H,1-2,4,6,9,12-13H2,(H2,26,28)/t18?,20-,22-,24+/m0/s1. The molecule has 2 aliphatic heterocycles. The molecule has 2 fully saturated rings. The zero-order chi connectivity index (χ0) is 21.0. The molecule has 7 heteroatoms. The Balaban J connectivity index is 1.38. The van der Waals surface area contributed by atoms with E-state index in [-0.39, 0.29) is 24.1 Å². The number of aromatic nitrogens is 1. The summed E-state index contributed by atoms with van der Waals surface area (Å²) >= 11 is 6.18. The van der Waals surface area contributed by atoms with Crippen molar-refractivity contribution in [3.8, 4) is 16.9 Å². The molecule has 6 rings (SSSR count). The molecule has 2 saturated carbocycles. The van der Waals surface area contributed by atoms with Crippen LogP contribution in [0.4, 0.5) is 0 Å². The molecule has 162 valence electrons. The molecule has 31 heavy (non-hydrogen) atoms. The minimum atomic E-state index is -0.550. The summed E-state index contributed by atoms with van der Waals surface area (Å²) in [6.07, 6.45) is 9.26. The predicted octanol–water partition coefficient (Wildman–Crippen LogP) is 4.30. The van der Waals surface area contributed by atoms with Crippen LogP contribution < -0.4 is 10.5 Å². The molecule has 0 amide bonds. The Morgan fingerprint density at radius 3 is 2.81 bits per heavy atom. The highest BCUT2D eigenvalue weighted by Crippen LogP contribution is 2.53. The number of hydrogen-bond acceptors (Lipinski definition) is 6. The summed E-state index contributed by atoms with van der Waals surface area (Å²) in [6.45, 7) is 1.31. The lowest BCUT2D eigenvalue weighted by molar-refractivity contribution is -0.0643. The van der Waals surface area contributed by atoms with Crippen LogP contribution in [-0.2, 0) is 15.0 Å². The van der Waals surface area contributed by atoms with Gasteiger partial charge in [-0.2, -0.15) is 0 Å². The van der Waals surface area contributed by atoms with Gasteiger partial charge in [0.05, 0.1) is 11.1 Å². The molecule has 2 aromatic rings. The molecule has 0 saturated heterocycles. The third-order valence-corrected chi connectivity index (χ3v) is 7.34. The zero-order valence-electron chi connectivity index (χ0n) is 17.3. The fourth-order valence-corrected chi connectivity index (χ4v) is 5.49. The molecule has 1 unspecified atom stereocenters. The van der Waals surface area contributed by atoms with Crippen LogP contribution in [-0.4, -0.2) is 36.4 Å². The van der Waals surface area contributed by atoms with E-state index in [4.69, 9.17) is 36.5 Å². The Labute approximate surface area is 186 Å². The lowest BCUT2D eigenvalue weighted by atomic mass is 9.67. The average molecular weight is 440 g/mol. The largest absolute Gasteiger partial charge is 0.490 e. The smallest absolute Gasteiger partial charge is 0.283 e. The molecule has 1 aromatic heterocycles. The second-order valence-corrected chi connectivity index (χ2v) is 9.68. The number of nitrogens with zero attached hydrogens (tertiary/aromatic N) is 2. The van der Waals surface area contributed by atoms with Crippen LogP contribution in [0.5, 0.6) is 5.75 Å². The Morgan fingerprint density at radius 1 is 1.13 bits per heavy atom. The maximum absolute atomic E-state index is 6.50. The van der Waals surface area contributed by atoms with E-state index in [0.717, 1.165) is 54.2 Å². The first kappa shape index (κ1) is 19.4. The number of halogens is 1. The van der Waals surface area contributed by atoms with Crippen molar-refractivity contribution < 1.29 is 14.2 Å². The first-order valence-electron chi connectivity index (χ1n) is 11.1. The van der Waals surface area contributed by atoms with Gasteiger partial charge in [-0.25, -0.2) is 4.99 Å². The summed E-state index contributed by atoms with van der Waals surface area (Å²) in [5, 5.41) is 0.607. The highest BCUT2D eigenvalue weighted by atomic mass is 35.5. The van der Waals surface area contributed by atoms with Gasteiger partial charge in [-0.15, -0.1) is 0 Å². The summed E-state index contributed by atoms with van der Waals surface area (Å²) in [5.74, 6) is 1.78. The molecule has 3 heterocycles. The van der Waals surface area contributed by atoms with E-state index in [0.29, 0.717) is 11.6 Å². The van der Waals surface area contributed by atoms with Crippen molar-refractivity contribution in [3.05, 3.63) is 47.2 Å². The van der Waals surface area contributed by atoms with Gasteiger partial charge in [0.25, 0.3) is 6.02 Å². The summed E-state index contributed by atoms with van der Waals surface area (Å²) in [4.78, 5) is 9.13. The molecule has 2 N–H and O–H groups in total. The SMILES string of the molecule is NC1=N[C@]2(CO1)c1cc(-c3cncc(Cl)c3)ccc1O[C@H]1CCC(OCC3CC3)C[C@@H]12. The van der Waals surface area contributed by atoms with Crippen molar-refractivity contribution in [2.75, 3.05) is 13.2 Å². The number of aliphatic imine (C=N–C) groups is 1. The molecule has 0 radical (unpaired) electrons. The summed E-state index contributed by atoms with van der Waals surface area (Å²) in [6, 6.07) is 8.39. The molecule has 0 bridgehead atoms. The molecule has 2 aliphatic carbocycles. The van der Waals surface area contributed by atoms with Gasteiger partial charge in [-0.05, 0) is 61.8 Å². The van der Waals surface area contributed by atoms with Crippen LogP contribution in [0.3, 0.4) is 0 Å². The highest BCUT2D eigenvalue weighted by molar-refractivity contribution is 6.30. The second kappa shape index (κ2) is 7.38. The van der Waals surface area contributed by atoms with Gasteiger partial charge in [0.2, 0.25) is 0 Å². The summed E-state index contributed by atoms with van der Waals surface area (Å²) < 4.78 is 18.5. The second-order valence-electron chi connectivity index (χ2n) is 9.24. The maximum atomic E-state index is 6.50. The Bertz CT molecular complexity index is 1040. The fourth-order valence-electron chi connectivity index (χ4n) is 5.31. The van der Waals surface area contributed by atoms with Crippen LogP contribution in [0.15, 0.2) is 41.7 Å². The van der Waals surface area contributed by atoms with Gasteiger partial charge < -0.3 is 19.9 Å². The number of benzene rings is 1. The number of nitrogens with two attached hydrogens (primary N) is 1. The fraction of sp³-hybridized carbons (Fsp3) is 0.500. The van der Waals surface area contributed by atoms with Crippen LogP contribution in [0.1, 0.15) is 37.7 Å². The number of ether oxygens (including phenoxy) is 3. The minimum absolute atomic E-state index is 0.0882. The monoisotopic (exact) mass is 439 g/mol. The lowest BCUT2D eigenvalue weighted by Gasteiger charge is -2.48. The van der Waals surface area contributed by atoms with Gasteiger partial charge in [0.15, 0.2) is 0 Å². The first-order chi connectivity index (χ1) is 15.1. The highest BCUT2D eigenvalue weighted by Gasteiger charge is 2.55. The number of fused-ring (bicyclic) bond motifs is 4. The van der Waals surface area contributed by atoms with E-state index in [1.807, 2.05) is 24.4 Å². The minimum Gasteiger partial charge on any atom is -0.490 e. The molecule has 1 spiro atoms. The first-order valence-corrected chi connectivity index (χ1v) is 11.5. The number of rotatable bonds is 4.